The second-order valence-electron chi connectivity index (χ2n) is 3.95. The number of rotatable bonds is 4. The fourth-order valence-corrected chi connectivity index (χ4v) is 2.27. The fourth-order valence-electron chi connectivity index (χ4n) is 1.76. The highest BCUT2D eigenvalue weighted by molar-refractivity contribution is 9.10. The van der Waals surface area contributed by atoms with Gasteiger partial charge < -0.3 is 0 Å². The van der Waals surface area contributed by atoms with Crippen molar-refractivity contribution in [2.75, 3.05) is 0 Å². The summed E-state index contributed by atoms with van der Waals surface area (Å²) in [4.78, 5) is 4.00. The number of hydrogen-bond acceptors (Lipinski definition) is 3. The monoisotopic (exact) mass is 325 g/mol. The van der Waals surface area contributed by atoms with Crippen LogP contribution in [0.15, 0.2) is 47.2 Å². The maximum absolute atomic E-state index is 5.98. The Morgan fingerprint density at radius 1 is 1.28 bits per heavy atom. The van der Waals surface area contributed by atoms with Crippen LogP contribution >= 0.6 is 27.5 Å². The van der Waals surface area contributed by atoms with E-state index >= 15 is 0 Å². The molecule has 3 N–H and O–H groups in total. The van der Waals surface area contributed by atoms with Gasteiger partial charge in [0.2, 0.25) is 0 Å². The van der Waals surface area contributed by atoms with E-state index in [-0.39, 0.29) is 6.04 Å². The van der Waals surface area contributed by atoms with Crippen LogP contribution in [0, 0.1) is 0 Å². The Morgan fingerprint density at radius 3 is 2.61 bits per heavy atom. The predicted molar refractivity (Wildman–Crippen MR) is 77.2 cm³/mol. The van der Waals surface area contributed by atoms with Crippen molar-refractivity contribution < 1.29 is 0 Å². The molecule has 0 aliphatic heterocycles. The molecule has 1 heterocycles. The molecule has 94 valence electrons. The molecule has 0 aliphatic rings. The Hall–Kier alpha value is -0.940. The van der Waals surface area contributed by atoms with E-state index in [1.54, 1.807) is 12.4 Å². The zero-order chi connectivity index (χ0) is 13.0. The van der Waals surface area contributed by atoms with Crippen LogP contribution in [0.1, 0.15) is 17.2 Å². The normalized spacial score (nSPS) is 12.4. The third-order valence-corrected chi connectivity index (χ3v) is 3.95. The molecule has 2 aromatic rings. The molecule has 1 aromatic heterocycles. The lowest BCUT2D eigenvalue weighted by Gasteiger charge is -2.17. The van der Waals surface area contributed by atoms with Crippen LogP contribution in [0.2, 0.25) is 5.02 Å². The first-order valence-corrected chi connectivity index (χ1v) is 6.68. The summed E-state index contributed by atoms with van der Waals surface area (Å²) < 4.78 is 0.872. The smallest absolute Gasteiger partial charge is 0.0548 e. The summed E-state index contributed by atoms with van der Waals surface area (Å²) >= 11 is 9.40. The predicted octanol–water partition coefficient (Wildman–Crippen LogP) is 3.24. The molecule has 3 nitrogen and oxygen atoms in total. The van der Waals surface area contributed by atoms with Gasteiger partial charge in [-0.05, 0) is 57.7 Å². The first kappa shape index (κ1) is 13.5. The highest BCUT2D eigenvalue weighted by Crippen LogP contribution is 2.27. The van der Waals surface area contributed by atoms with Gasteiger partial charge in [0.25, 0.3) is 0 Å². The molecular formula is C13H13BrClN3. The average Bonchev–Trinajstić information content (AvgIpc) is 2.40. The summed E-state index contributed by atoms with van der Waals surface area (Å²) in [5.41, 5.74) is 5.10. The highest BCUT2D eigenvalue weighted by Gasteiger charge is 2.11. The first-order valence-electron chi connectivity index (χ1n) is 5.50. The number of nitrogens with zero attached hydrogens (tertiary/aromatic N) is 1. The van der Waals surface area contributed by atoms with Gasteiger partial charge in [0, 0.05) is 16.9 Å². The minimum Gasteiger partial charge on any atom is -0.271 e. The van der Waals surface area contributed by atoms with Crippen LogP contribution in [0.25, 0.3) is 0 Å². The summed E-state index contributed by atoms with van der Waals surface area (Å²) in [6.45, 7) is 0. The molecule has 0 aliphatic carbocycles. The first-order chi connectivity index (χ1) is 8.70. The third kappa shape index (κ3) is 3.29. The summed E-state index contributed by atoms with van der Waals surface area (Å²) in [5.74, 6) is 5.63. The number of aromatic nitrogens is 1. The van der Waals surface area contributed by atoms with Crippen LogP contribution in [-0.4, -0.2) is 4.98 Å². The lowest BCUT2D eigenvalue weighted by molar-refractivity contribution is 0.551. The van der Waals surface area contributed by atoms with Crippen molar-refractivity contribution >= 4 is 27.5 Å². The Labute approximate surface area is 119 Å². The van der Waals surface area contributed by atoms with Crippen molar-refractivity contribution in [2.45, 2.75) is 12.5 Å². The number of nitrogens with two attached hydrogens (primary N) is 1. The maximum atomic E-state index is 5.98. The van der Waals surface area contributed by atoms with Gasteiger partial charge in [0.15, 0.2) is 0 Å². The number of halogens is 2. The topological polar surface area (TPSA) is 50.9 Å². The average molecular weight is 327 g/mol. The molecule has 1 atom stereocenters. The van der Waals surface area contributed by atoms with Gasteiger partial charge in [-0.2, -0.15) is 0 Å². The van der Waals surface area contributed by atoms with Crippen molar-refractivity contribution in [3.63, 3.8) is 0 Å². The van der Waals surface area contributed by atoms with Crippen LogP contribution in [0.3, 0.4) is 0 Å². The number of benzene rings is 1. The Balaban J connectivity index is 2.20. The standard InChI is InChI=1S/C13H13BrClN3/c14-11-8-10(1-2-12(11)15)13(18-16)7-9-3-5-17-6-4-9/h1-6,8,13,18H,7,16H2. The zero-order valence-electron chi connectivity index (χ0n) is 9.61. The molecule has 1 aromatic carbocycles. The zero-order valence-corrected chi connectivity index (χ0v) is 11.9. The van der Waals surface area contributed by atoms with Gasteiger partial charge >= 0.3 is 0 Å². The van der Waals surface area contributed by atoms with E-state index in [0.29, 0.717) is 5.02 Å². The van der Waals surface area contributed by atoms with Crippen molar-refractivity contribution in [3.8, 4) is 0 Å². The molecule has 0 radical (unpaired) electrons. The van der Waals surface area contributed by atoms with Gasteiger partial charge in [-0.25, -0.2) is 0 Å². The third-order valence-electron chi connectivity index (χ3n) is 2.74. The molecule has 0 amide bonds. The molecule has 1 unspecified atom stereocenters. The molecule has 5 heteroatoms. The van der Waals surface area contributed by atoms with Crippen molar-refractivity contribution in [2.24, 2.45) is 5.84 Å². The lowest BCUT2D eigenvalue weighted by atomic mass is 10.0. The van der Waals surface area contributed by atoms with E-state index in [1.807, 2.05) is 30.3 Å². The minimum absolute atomic E-state index is 0.0426. The quantitative estimate of drug-likeness (QED) is 0.670. The minimum atomic E-state index is 0.0426. The molecule has 0 saturated heterocycles. The van der Waals surface area contributed by atoms with Gasteiger partial charge in [0.1, 0.15) is 0 Å². The van der Waals surface area contributed by atoms with E-state index in [2.05, 4.69) is 26.3 Å². The van der Waals surface area contributed by atoms with E-state index in [4.69, 9.17) is 17.4 Å². The van der Waals surface area contributed by atoms with Gasteiger partial charge in [-0.15, -0.1) is 0 Å². The largest absolute Gasteiger partial charge is 0.271 e. The van der Waals surface area contributed by atoms with Crippen LogP contribution in [0.4, 0.5) is 0 Å². The fraction of sp³-hybridized carbons (Fsp3) is 0.154. The van der Waals surface area contributed by atoms with E-state index in [0.717, 1.165) is 16.5 Å². The second kappa shape index (κ2) is 6.29. The number of hydrogen-bond donors (Lipinski definition) is 2. The summed E-state index contributed by atoms with van der Waals surface area (Å²) in [6.07, 6.45) is 4.36. The second-order valence-corrected chi connectivity index (χ2v) is 5.21. The van der Waals surface area contributed by atoms with E-state index in [9.17, 15) is 0 Å². The summed E-state index contributed by atoms with van der Waals surface area (Å²) in [6, 6.07) is 9.82. The van der Waals surface area contributed by atoms with Crippen molar-refractivity contribution in [1.29, 1.82) is 0 Å². The lowest BCUT2D eigenvalue weighted by Crippen LogP contribution is -2.29. The number of pyridine rings is 1. The van der Waals surface area contributed by atoms with Gasteiger partial charge in [-0.3, -0.25) is 16.3 Å². The van der Waals surface area contributed by atoms with Crippen LogP contribution < -0.4 is 11.3 Å². The maximum Gasteiger partial charge on any atom is 0.0548 e. The van der Waals surface area contributed by atoms with Crippen molar-refractivity contribution in [3.05, 3.63) is 63.3 Å². The van der Waals surface area contributed by atoms with E-state index in [1.165, 1.54) is 5.56 Å². The highest BCUT2D eigenvalue weighted by atomic mass is 79.9. The Kier molecular flexibility index (Phi) is 4.72. The Bertz CT molecular complexity index is 519. The van der Waals surface area contributed by atoms with Crippen molar-refractivity contribution in [1.82, 2.24) is 10.4 Å². The molecule has 18 heavy (non-hydrogen) atoms. The van der Waals surface area contributed by atoms with Crippen LogP contribution in [0.5, 0.6) is 0 Å². The molecule has 0 bridgehead atoms. The number of hydrazine groups is 1. The van der Waals surface area contributed by atoms with E-state index < -0.39 is 0 Å². The van der Waals surface area contributed by atoms with Gasteiger partial charge in [0.05, 0.1) is 11.1 Å². The summed E-state index contributed by atoms with van der Waals surface area (Å²) in [5, 5.41) is 0.693. The molecule has 2 rings (SSSR count). The Morgan fingerprint density at radius 2 is 2.00 bits per heavy atom. The summed E-state index contributed by atoms with van der Waals surface area (Å²) in [7, 11) is 0. The van der Waals surface area contributed by atoms with Gasteiger partial charge in [-0.1, -0.05) is 17.7 Å². The number of nitrogens with one attached hydrogen (secondary N) is 1. The molecule has 0 saturated carbocycles. The molecule has 0 fully saturated rings. The SMILES string of the molecule is NNC(Cc1ccncc1)c1ccc(Cl)c(Br)c1. The molecule has 0 spiro atoms. The molecular weight excluding hydrogens is 314 g/mol. The van der Waals surface area contributed by atoms with Crippen LogP contribution in [-0.2, 0) is 6.42 Å².